The maximum atomic E-state index is 3.93. The molecule has 104 valence electrons. The van der Waals surface area contributed by atoms with Gasteiger partial charge in [-0.1, -0.05) is 38.1 Å². The Balaban J connectivity index is 1.80. The highest BCUT2D eigenvalue weighted by atomic mass is 32.2. The molecule has 1 aliphatic heterocycles. The third kappa shape index (κ3) is 2.85. The molecule has 19 heavy (non-hydrogen) atoms. The molecule has 3 rings (SSSR count). The summed E-state index contributed by atoms with van der Waals surface area (Å²) in [7, 11) is 0. The maximum Gasteiger partial charge on any atom is 0.0326 e. The van der Waals surface area contributed by atoms with Crippen LogP contribution in [0.2, 0.25) is 0 Å². The molecule has 2 unspecified atom stereocenters. The fraction of sp³-hybridized carbons (Fsp3) is 0.647. The average Bonchev–Trinajstić information content (AvgIpc) is 2.44. The van der Waals surface area contributed by atoms with Crippen molar-refractivity contribution in [2.45, 2.75) is 57.0 Å². The molecule has 1 aliphatic carbocycles. The van der Waals surface area contributed by atoms with Gasteiger partial charge in [-0.15, -0.1) is 0 Å². The van der Waals surface area contributed by atoms with Gasteiger partial charge < -0.3 is 5.32 Å². The van der Waals surface area contributed by atoms with E-state index in [1.54, 1.807) is 11.1 Å². The largest absolute Gasteiger partial charge is 0.306 e. The molecule has 0 bridgehead atoms. The van der Waals surface area contributed by atoms with E-state index in [1.807, 2.05) is 0 Å². The molecule has 1 fully saturated rings. The molecule has 0 saturated carbocycles. The van der Waals surface area contributed by atoms with E-state index in [-0.39, 0.29) is 0 Å². The first-order chi connectivity index (χ1) is 9.17. The van der Waals surface area contributed by atoms with Crippen LogP contribution in [0.1, 0.15) is 56.7 Å². The molecule has 2 aliphatic rings. The Hall–Kier alpha value is -0.470. The van der Waals surface area contributed by atoms with Crippen molar-refractivity contribution >= 4 is 11.8 Å². The van der Waals surface area contributed by atoms with E-state index >= 15 is 0 Å². The minimum Gasteiger partial charge on any atom is -0.306 e. The molecule has 0 radical (unpaired) electrons. The molecule has 1 aromatic rings. The Bertz CT molecular complexity index is 435. The van der Waals surface area contributed by atoms with Crippen molar-refractivity contribution in [3.05, 3.63) is 35.4 Å². The van der Waals surface area contributed by atoms with Crippen molar-refractivity contribution in [3.63, 3.8) is 0 Å². The van der Waals surface area contributed by atoms with Crippen LogP contribution >= 0.6 is 11.8 Å². The van der Waals surface area contributed by atoms with Crippen molar-refractivity contribution in [1.82, 2.24) is 5.32 Å². The van der Waals surface area contributed by atoms with E-state index < -0.39 is 0 Å². The van der Waals surface area contributed by atoms with Crippen molar-refractivity contribution in [1.29, 1.82) is 0 Å². The highest BCUT2D eigenvalue weighted by molar-refractivity contribution is 7.99. The van der Waals surface area contributed by atoms with Gasteiger partial charge in [0.1, 0.15) is 0 Å². The highest BCUT2D eigenvalue weighted by Crippen LogP contribution is 2.41. The molecule has 1 aromatic carbocycles. The first-order valence-electron chi connectivity index (χ1n) is 7.60. The molecule has 0 amide bonds. The van der Waals surface area contributed by atoms with Crippen LogP contribution < -0.4 is 5.32 Å². The first-order valence-corrected chi connectivity index (χ1v) is 8.75. The lowest BCUT2D eigenvalue weighted by Gasteiger charge is -2.39. The van der Waals surface area contributed by atoms with E-state index in [0.29, 0.717) is 11.5 Å². The minimum absolute atomic E-state index is 0.343. The van der Waals surface area contributed by atoms with E-state index in [2.05, 4.69) is 55.2 Å². The molecule has 1 saturated heterocycles. The molecule has 1 nitrogen and oxygen atoms in total. The lowest BCUT2D eigenvalue weighted by molar-refractivity contribution is 0.332. The Morgan fingerprint density at radius 2 is 2.05 bits per heavy atom. The Labute approximate surface area is 121 Å². The third-order valence-corrected chi connectivity index (χ3v) is 5.94. The number of thioether (sulfide) groups is 1. The quantitative estimate of drug-likeness (QED) is 0.864. The van der Waals surface area contributed by atoms with Crippen LogP contribution in [0.3, 0.4) is 0 Å². The lowest BCUT2D eigenvalue weighted by Crippen LogP contribution is -2.40. The van der Waals surface area contributed by atoms with Gasteiger partial charge in [0.15, 0.2) is 0 Å². The first kappa shape index (κ1) is 13.5. The van der Waals surface area contributed by atoms with Gasteiger partial charge >= 0.3 is 0 Å². The second-order valence-corrected chi connectivity index (χ2v) is 7.79. The van der Waals surface area contributed by atoms with Gasteiger partial charge in [-0.05, 0) is 48.0 Å². The van der Waals surface area contributed by atoms with Gasteiger partial charge in [0.05, 0.1) is 0 Å². The molecule has 2 heteroatoms. The van der Waals surface area contributed by atoms with Gasteiger partial charge in [0.2, 0.25) is 0 Å². The van der Waals surface area contributed by atoms with Gasteiger partial charge in [-0.25, -0.2) is 0 Å². The number of benzene rings is 1. The molecule has 2 atom stereocenters. The van der Waals surface area contributed by atoms with E-state index in [9.17, 15) is 0 Å². The predicted molar refractivity (Wildman–Crippen MR) is 84.9 cm³/mol. The van der Waals surface area contributed by atoms with Crippen molar-refractivity contribution < 1.29 is 0 Å². The second kappa shape index (κ2) is 5.49. The van der Waals surface area contributed by atoms with Crippen LogP contribution in [0.25, 0.3) is 0 Å². The van der Waals surface area contributed by atoms with Crippen molar-refractivity contribution in [2.24, 2.45) is 0 Å². The van der Waals surface area contributed by atoms with E-state index in [1.165, 1.54) is 37.2 Å². The molecule has 1 heterocycles. The summed E-state index contributed by atoms with van der Waals surface area (Å²) in [6.45, 7) is 4.77. The fourth-order valence-electron chi connectivity index (χ4n) is 3.54. The van der Waals surface area contributed by atoms with Gasteiger partial charge in [0, 0.05) is 17.8 Å². The number of fused-ring (bicyclic) bond motifs is 1. The van der Waals surface area contributed by atoms with Crippen LogP contribution in [-0.4, -0.2) is 17.5 Å². The lowest BCUT2D eigenvalue weighted by atomic mass is 9.71. The summed E-state index contributed by atoms with van der Waals surface area (Å²) in [5.74, 6) is 2.65. The van der Waals surface area contributed by atoms with Crippen LogP contribution in [0.4, 0.5) is 0 Å². The minimum atomic E-state index is 0.343. The third-order valence-electron chi connectivity index (χ3n) is 4.72. The summed E-state index contributed by atoms with van der Waals surface area (Å²) in [4.78, 5) is 0. The van der Waals surface area contributed by atoms with Crippen molar-refractivity contribution in [2.75, 3.05) is 11.5 Å². The van der Waals surface area contributed by atoms with Crippen LogP contribution in [0.15, 0.2) is 24.3 Å². The number of hydrogen-bond acceptors (Lipinski definition) is 2. The van der Waals surface area contributed by atoms with Crippen LogP contribution in [0.5, 0.6) is 0 Å². The highest BCUT2D eigenvalue weighted by Gasteiger charge is 2.33. The standard InChI is InChI=1S/C17H25NS/c1-17(2)10-9-16(14-7-3-4-8-15(14)17)18-13-6-5-11-19-12-13/h3-4,7-8,13,16,18H,5-6,9-12H2,1-2H3. The second-order valence-electron chi connectivity index (χ2n) is 6.64. The maximum absolute atomic E-state index is 3.93. The van der Waals surface area contributed by atoms with E-state index in [0.717, 1.165) is 6.04 Å². The monoisotopic (exact) mass is 275 g/mol. The topological polar surface area (TPSA) is 12.0 Å². The molecule has 0 spiro atoms. The summed E-state index contributed by atoms with van der Waals surface area (Å²) in [6.07, 6.45) is 5.31. The summed E-state index contributed by atoms with van der Waals surface area (Å²) in [5.41, 5.74) is 3.45. The number of hydrogen-bond donors (Lipinski definition) is 1. The van der Waals surface area contributed by atoms with Gasteiger partial charge in [-0.2, -0.15) is 11.8 Å². The normalized spacial score (nSPS) is 29.8. The summed E-state index contributed by atoms with van der Waals surface area (Å²) >= 11 is 2.11. The number of rotatable bonds is 2. The van der Waals surface area contributed by atoms with E-state index in [4.69, 9.17) is 0 Å². The summed E-state index contributed by atoms with van der Waals surface area (Å²) < 4.78 is 0. The molecule has 0 aromatic heterocycles. The van der Waals surface area contributed by atoms with Gasteiger partial charge in [0.25, 0.3) is 0 Å². The predicted octanol–water partition coefficient (Wildman–Crippen LogP) is 4.28. The zero-order chi connectivity index (χ0) is 13.3. The van der Waals surface area contributed by atoms with Crippen LogP contribution in [0, 0.1) is 0 Å². The van der Waals surface area contributed by atoms with Gasteiger partial charge in [-0.3, -0.25) is 0 Å². The van der Waals surface area contributed by atoms with Crippen molar-refractivity contribution in [3.8, 4) is 0 Å². The Morgan fingerprint density at radius 1 is 1.21 bits per heavy atom. The van der Waals surface area contributed by atoms with Crippen LogP contribution in [-0.2, 0) is 5.41 Å². The fourth-order valence-corrected chi connectivity index (χ4v) is 4.63. The molecular weight excluding hydrogens is 250 g/mol. The SMILES string of the molecule is CC1(C)CCC(NC2CCCSC2)c2ccccc21. The Morgan fingerprint density at radius 3 is 2.84 bits per heavy atom. The Kier molecular flexibility index (Phi) is 3.91. The molecular formula is C17H25NS. The zero-order valence-corrected chi connectivity index (χ0v) is 12.9. The zero-order valence-electron chi connectivity index (χ0n) is 12.1. The summed E-state index contributed by atoms with van der Waals surface area (Å²) in [6, 6.07) is 10.4. The molecule has 1 N–H and O–H groups in total. The number of nitrogens with one attached hydrogen (secondary N) is 1. The summed E-state index contributed by atoms with van der Waals surface area (Å²) in [5, 5.41) is 3.93. The average molecular weight is 275 g/mol. The smallest absolute Gasteiger partial charge is 0.0326 e.